The van der Waals surface area contributed by atoms with Crippen LogP contribution in [0.2, 0.25) is 0 Å². The summed E-state index contributed by atoms with van der Waals surface area (Å²) in [6.07, 6.45) is 3.44. The predicted octanol–water partition coefficient (Wildman–Crippen LogP) is 3.75. The second-order valence-corrected chi connectivity index (χ2v) is 8.86. The lowest BCUT2D eigenvalue weighted by Gasteiger charge is -2.30. The van der Waals surface area contributed by atoms with E-state index in [-0.39, 0.29) is 16.8 Å². The summed E-state index contributed by atoms with van der Waals surface area (Å²) >= 11 is 0. The van der Waals surface area contributed by atoms with Crippen molar-refractivity contribution in [3.63, 3.8) is 0 Å². The topological polar surface area (TPSA) is 66.5 Å². The van der Waals surface area contributed by atoms with Gasteiger partial charge in [-0.25, -0.2) is 8.42 Å². The number of carbonyl (C=O) groups excluding carboxylic acids is 1. The van der Waals surface area contributed by atoms with Gasteiger partial charge in [-0.15, -0.1) is 0 Å². The molecule has 1 aliphatic heterocycles. The molecule has 1 heterocycles. The van der Waals surface area contributed by atoms with Crippen LogP contribution in [-0.2, 0) is 16.4 Å². The number of benzene rings is 2. The van der Waals surface area contributed by atoms with Crippen molar-refractivity contribution in [2.24, 2.45) is 0 Å². The lowest BCUT2D eigenvalue weighted by Crippen LogP contribution is -2.36. The quantitative estimate of drug-likeness (QED) is 0.822. The smallest absolute Gasteiger partial charge is 0.264 e. The molecule has 27 heavy (non-hydrogen) atoms. The maximum atomic E-state index is 13.0. The number of amides is 1. The van der Waals surface area contributed by atoms with Crippen molar-refractivity contribution in [2.75, 3.05) is 10.8 Å². The van der Waals surface area contributed by atoms with Crippen LogP contribution in [0.3, 0.4) is 0 Å². The van der Waals surface area contributed by atoms with Crippen LogP contribution in [0.1, 0.15) is 49.0 Å². The number of hydrogen-bond acceptors (Lipinski definition) is 3. The van der Waals surface area contributed by atoms with Crippen LogP contribution in [0.5, 0.6) is 0 Å². The fraction of sp³-hybridized carbons (Fsp3) is 0.381. The summed E-state index contributed by atoms with van der Waals surface area (Å²) in [5, 5.41) is 3.00. The van der Waals surface area contributed by atoms with Gasteiger partial charge in [-0.05, 0) is 62.1 Å². The molecule has 1 amide bonds. The third-order valence-electron chi connectivity index (χ3n) is 4.85. The maximum absolute atomic E-state index is 13.0. The van der Waals surface area contributed by atoms with Gasteiger partial charge in [0.2, 0.25) is 0 Å². The molecule has 5 nitrogen and oxygen atoms in total. The van der Waals surface area contributed by atoms with Gasteiger partial charge in [0.25, 0.3) is 15.9 Å². The second kappa shape index (κ2) is 8.13. The number of nitrogens with one attached hydrogen (secondary N) is 1. The van der Waals surface area contributed by atoms with Crippen molar-refractivity contribution < 1.29 is 13.2 Å². The first-order valence-corrected chi connectivity index (χ1v) is 10.9. The third-order valence-corrected chi connectivity index (χ3v) is 6.68. The molecule has 0 saturated heterocycles. The van der Waals surface area contributed by atoms with Gasteiger partial charge in [0.05, 0.1) is 10.6 Å². The first-order chi connectivity index (χ1) is 12.9. The van der Waals surface area contributed by atoms with Gasteiger partial charge in [-0.1, -0.05) is 31.5 Å². The molecule has 1 atom stereocenters. The Bertz CT molecular complexity index is 910. The van der Waals surface area contributed by atoms with Gasteiger partial charge in [0.15, 0.2) is 0 Å². The van der Waals surface area contributed by atoms with E-state index in [9.17, 15) is 13.2 Å². The van der Waals surface area contributed by atoms with E-state index in [1.165, 1.54) is 4.31 Å². The van der Waals surface area contributed by atoms with Crippen molar-refractivity contribution in [1.29, 1.82) is 0 Å². The van der Waals surface area contributed by atoms with Crippen LogP contribution in [0, 0.1) is 0 Å². The Morgan fingerprint density at radius 3 is 2.63 bits per heavy atom. The van der Waals surface area contributed by atoms with Crippen molar-refractivity contribution in [1.82, 2.24) is 5.32 Å². The third kappa shape index (κ3) is 4.16. The highest BCUT2D eigenvalue weighted by Crippen LogP contribution is 2.32. The van der Waals surface area contributed by atoms with E-state index in [0.29, 0.717) is 17.8 Å². The molecule has 0 radical (unpaired) electrons. The van der Waals surface area contributed by atoms with E-state index in [2.05, 4.69) is 12.2 Å². The number of carbonyl (C=O) groups is 1. The first kappa shape index (κ1) is 19.4. The lowest BCUT2D eigenvalue weighted by molar-refractivity contribution is 0.0938. The largest absolute Gasteiger partial charge is 0.350 e. The van der Waals surface area contributed by atoms with E-state index in [1.54, 1.807) is 42.5 Å². The zero-order valence-electron chi connectivity index (χ0n) is 15.8. The minimum Gasteiger partial charge on any atom is -0.350 e. The summed E-state index contributed by atoms with van der Waals surface area (Å²) < 4.78 is 27.5. The zero-order valence-corrected chi connectivity index (χ0v) is 16.6. The molecule has 0 bridgehead atoms. The summed E-state index contributed by atoms with van der Waals surface area (Å²) in [6.45, 7) is 4.53. The molecular weight excluding hydrogens is 360 g/mol. The van der Waals surface area contributed by atoms with Crippen molar-refractivity contribution in [2.45, 2.75) is 50.5 Å². The fourth-order valence-electron chi connectivity index (χ4n) is 3.49. The average Bonchev–Trinajstić information content (AvgIpc) is 2.67. The van der Waals surface area contributed by atoms with Crippen LogP contribution in [0.4, 0.5) is 5.69 Å². The summed E-state index contributed by atoms with van der Waals surface area (Å²) in [6, 6.07) is 13.9. The molecule has 0 unspecified atom stereocenters. The molecule has 0 fully saturated rings. The molecule has 2 aromatic carbocycles. The molecule has 2 aromatic rings. The summed E-state index contributed by atoms with van der Waals surface area (Å²) in [5.74, 6) is -0.109. The molecule has 144 valence electrons. The van der Waals surface area contributed by atoms with E-state index < -0.39 is 10.0 Å². The van der Waals surface area contributed by atoms with Crippen molar-refractivity contribution in [3.8, 4) is 0 Å². The van der Waals surface area contributed by atoms with Gasteiger partial charge in [-0.3, -0.25) is 9.10 Å². The Kier molecular flexibility index (Phi) is 5.85. The zero-order chi connectivity index (χ0) is 19.4. The van der Waals surface area contributed by atoms with Crippen LogP contribution in [0.25, 0.3) is 0 Å². The lowest BCUT2D eigenvalue weighted by atomic mass is 10.0. The number of nitrogens with zero attached hydrogens (tertiary/aromatic N) is 1. The average molecular weight is 387 g/mol. The molecule has 0 aromatic heterocycles. The minimum absolute atomic E-state index is 0.109. The van der Waals surface area contributed by atoms with Crippen LogP contribution in [0.15, 0.2) is 53.4 Å². The summed E-state index contributed by atoms with van der Waals surface area (Å²) in [4.78, 5) is 12.8. The van der Waals surface area contributed by atoms with E-state index >= 15 is 0 Å². The molecule has 0 spiro atoms. The van der Waals surface area contributed by atoms with Gasteiger partial charge >= 0.3 is 0 Å². The Morgan fingerprint density at radius 2 is 1.93 bits per heavy atom. The highest BCUT2D eigenvalue weighted by molar-refractivity contribution is 7.92. The summed E-state index contributed by atoms with van der Waals surface area (Å²) in [7, 11) is -3.60. The highest BCUT2D eigenvalue weighted by atomic mass is 32.2. The number of anilines is 1. The van der Waals surface area contributed by atoms with Crippen LogP contribution >= 0.6 is 0 Å². The molecule has 3 rings (SSSR count). The van der Waals surface area contributed by atoms with Gasteiger partial charge in [0, 0.05) is 18.2 Å². The van der Waals surface area contributed by atoms with E-state index in [1.807, 2.05) is 13.0 Å². The number of hydrogen-bond donors (Lipinski definition) is 1. The second-order valence-electron chi connectivity index (χ2n) is 7.00. The van der Waals surface area contributed by atoms with Crippen molar-refractivity contribution in [3.05, 3.63) is 59.7 Å². The van der Waals surface area contributed by atoms with Gasteiger partial charge in [-0.2, -0.15) is 0 Å². The molecular formula is C21H26N2O3S. The Hall–Kier alpha value is -2.34. The maximum Gasteiger partial charge on any atom is 0.264 e. The number of aryl methyl sites for hydroxylation is 1. The van der Waals surface area contributed by atoms with E-state index in [4.69, 9.17) is 0 Å². The Labute approximate surface area is 161 Å². The monoisotopic (exact) mass is 386 g/mol. The van der Waals surface area contributed by atoms with Crippen molar-refractivity contribution >= 4 is 21.6 Å². The number of sulfonamides is 1. The summed E-state index contributed by atoms with van der Waals surface area (Å²) in [5.41, 5.74) is 2.15. The number of fused-ring (bicyclic) bond motifs is 1. The highest BCUT2D eigenvalue weighted by Gasteiger charge is 2.29. The van der Waals surface area contributed by atoms with E-state index in [0.717, 1.165) is 31.2 Å². The molecule has 0 saturated carbocycles. The molecule has 6 heteroatoms. The first-order valence-electron chi connectivity index (χ1n) is 9.45. The van der Waals surface area contributed by atoms with Gasteiger partial charge in [0.1, 0.15) is 0 Å². The molecule has 1 N–H and O–H groups in total. The fourth-order valence-corrected chi connectivity index (χ4v) is 5.05. The Balaban J connectivity index is 1.88. The number of rotatable bonds is 6. The van der Waals surface area contributed by atoms with Crippen LogP contribution in [-0.4, -0.2) is 26.9 Å². The Morgan fingerprint density at radius 1 is 1.19 bits per heavy atom. The normalized spacial score (nSPS) is 15.1. The van der Waals surface area contributed by atoms with Crippen LogP contribution < -0.4 is 9.62 Å². The molecule has 1 aliphatic rings. The SMILES string of the molecule is CCC[C@@H](C)NC(=O)c1ccc2c(c1)CCCN2S(=O)(=O)c1ccccc1. The van der Waals surface area contributed by atoms with Gasteiger partial charge < -0.3 is 5.32 Å². The minimum atomic E-state index is -3.60. The molecule has 0 aliphatic carbocycles. The predicted molar refractivity (Wildman–Crippen MR) is 108 cm³/mol. The standard InChI is InChI=1S/C21H26N2O3S/c1-3-8-16(2)22-21(24)18-12-13-20-17(15-18)9-7-14-23(20)27(25,26)19-10-5-4-6-11-19/h4-6,10-13,15-16H,3,7-9,14H2,1-2H3,(H,22,24)/t16-/m1/s1.